The van der Waals surface area contributed by atoms with Gasteiger partial charge in [-0.1, -0.05) is 91.0 Å². The number of aromatic nitrogens is 4. The smallest absolute Gasteiger partial charge is 0.145 e. The van der Waals surface area contributed by atoms with Crippen LogP contribution >= 0.6 is 0 Å². The summed E-state index contributed by atoms with van der Waals surface area (Å²) in [5.74, 6) is 0. The predicted molar refractivity (Wildman–Crippen MR) is 217 cm³/mol. The van der Waals surface area contributed by atoms with E-state index in [1.54, 1.807) is 0 Å². The van der Waals surface area contributed by atoms with Gasteiger partial charge in [0.2, 0.25) is 0 Å². The van der Waals surface area contributed by atoms with Crippen LogP contribution < -0.4 is 0 Å². The van der Waals surface area contributed by atoms with Crippen LogP contribution in [0.2, 0.25) is 0 Å². The van der Waals surface area contributed by atoms with Crippen molar-refractivity contribution in [3.05, 3.63) is 182 Å². The molecular formula is C48H29N5. The summed E-state index contributed by atoms with van der Waals surface area (Å²) in [5.41, 5.74) is 12.7. The number of rotatable bonds is 4. The topological polar surface area (TPSA) is 51.5 Å². The molecule has 5 heteroatoms. The van der Waals surface area contributed by atoms with Gasteiger partial charge in [-0.3, -0.25) is 4.57 Å². The third-order valence-corrected chi connectivity index (χ3v) is 10.7. The molecule has 4 aromatic heterocycles. The molecule has 0 radical (unpaired) electrons. The van der Waals surface area contributed by atoms with E-state index in [0.717, 1.165) is 72.1 Å². The normalized spacial score (nSPS) is 11.8. The number of nitriles is 1. The highest BCUT2D eigenvalue weighted by molar-refractivity contribution is 6.23. The monoisotopic (exact) mass is 675 g/mol. The quantitative estimate of drug-likeness (QED) is 0.186. The third-order valence-electron chi connectivity index (χ3n) is 10.7. The Morgan fingerprint density at radius 2 is 0.962 bits per heavy atom. The molecule has 0 unspecified atom stereocenters. The van der Waals surface area contributed by atoms with Gasteiger partial charge in [-0.25, -0.2) is 4.98 Å². The molecule has 0 atom stereocenters. The first kappa shape index (κ1) is 29.3. The van der Waals surface area contributed by atoms with E-state index < -0.39 is 0 Å². The minimum Gasteiger partial charge on any atom is -0.309 e. The van der Waals surface area contributed by atoms with Gasteiger partial charge < -0.3 is 9.13 Å². The molecule has 0 amide bonds. The number of fused-ring (bicyclic) bond motifs is 10. The number of hydrogen-bond acceptors (Lipinski definition) is 2. The van der Waals surface area contributed by atoms with Gasteiger partial charge >= 0.3 is 0 Å². The van der Waals surface area contributed by atoms with Crippen molar-refractivity contribution in [1.82, 2.24) is 18.7 Å². The second kappa shape index (κ2) is 11.3. The van der Waals surface area contributed by atoms with Crippen LogP contribution in [0.5, 0.6) is 0 Å². The maximum Gasteiger partial charge on any atom is 0.145 e. The van der Waals surface area contributed by atoms with Crippen LogP contribution in [0, 0.1) is 11.3 Å². The molecule has 0 spiro atoms. The van der Waals surface area contributed by atoms with Crippen molar-refractivity contribution >= 4 is 65.5 Å². The molecule has 53 heavy (non-hydrogen) atoms. The van der Waals surface area contributed by atoms with Crippen molar-refractivity contribution in [2.45, 2.75) is 0 Å². The van der Waals surface area contributed by atoms with E-state index in [0.29, 0.717) is 5.56 Å². The van der Waals surface area contributed by atoms with Gasteiger partial charge in [0.1, 0.15) is 5.65 Å². The van der Waals surface area contributed by atoms with Crippen LogP contribution in [-0.2, 0) is 0 Å². The molecule has 0 aliphatic heterocycles. The summed E-state index contributed by atoms with van der Waals surface area (Å²) >= 11 is 0. The van der Waals surface area contributed by atoms with Gasteiger partial charge in [0.05, 0.1) is 39.2 Å². The Hall–Kier alpha value is -7.42. The fourth-order valence-corrected chi connectivity index (χ4v) is 8.44. The fourth-order valence-electron chi connectivity index (χ4n) is 8.44. The average molecular weight is 676 g/mol. The molecule has 11 rings (SSSR count). The minimum absolute atomic E-state index is 0.659. The zero-order valence-corrected chi connectivity index (χ0v) is 28.5. The van der Waals surface area contributed by atoms with Gasteiger partial charge in [-0.15, -0.1) is 0 Å². The van der Waals surface area contributed by atoms with Gasteiger partial charge in [0.15, 0.2) is 0 Å². The van der Waals surface area contributed by atoms with Crippen LogP contribution in [-0.4, -0.2) is 18.7 Å². The Morgan fingerprint density at radius 1 is 0.396 bits per heavy atom. The molecule has 4 heterocycles. The Kier molecular flexibility index (Phi) is 6.25. The molecule has 0 bridgehead atoms. The first-order valence-electron chi connectivity index (χ1n) is 17.8. The van der Waals surface area contributed by atoms with Crippen molar-refractivity contribution in [2.24, 2.45) is 0 Å². The maximum atomic E-state index is 9.65. The number of pyridine rings is 1. The molecule has 5 nitrogen and oxygen atoms in total. The van der Waals surface area contributed by atoms with Crippen molar-refractivity contribution in [2.75, 3.05) is 0 Å². The lowest BCUT2D eigenvalue weighted by Crippen LogP contribution is -1.99. The lowest BCUT2D eigenvalue weighted by Gasteiger charge is -2.14. The first-order chi connectivity index (χ1) is 26.3. The van der Waals surface area contributed by atoms with Gasteiger partial charge in [-0.05, 0) is 90.0 Å². The van der Waals surface area contributed by atoms with E-state index in [4.69, 9.17) is 4.98 Å². The molecular weight excluding hydrogens is 647 g/mol. The van der Waals surface area contributed by atoms with Crippen molar-refractivity contribution in [1.29, 1.82) is 5.26 Å². The molecule has 0 saturated heterocycles. The first-order valence-corrected chi connectivity index (χ1v) is 17.8. The van der Waals surface area contributed by atoms with E-state index in [1.807, 2.05) is 24.4 Å². The van der Waals surface area contributed by atoms with E-state index in [2.05, 4.69) is 171 Å². The van der Waals surface area contributed by atoms with Crippen molar-refractivity contribution in [3.8, 4) is 34.3 Å². The highest BCUT2D eigenvalue weighted by atomic mass is 15.1. The number of para-hydroxylation sites is 3. The van der Waals surface area contributed by atoms with E-state index >= 15 is 0 Å². The van der Waals surface area contributed by atoms with Gasteiger partial charge in [0.25, 0.3) is 0 Å². The molecule has 11 aromatic rings. The molecule has 7 aromatic carbocycles. The molecule has 0 saturated carbocycles. The SMILES string of the molecule is N#Cc1ccc2c(c1)c1ccccc1n2-c1cccc(-c2cccc(-n3c4ncccc4c4ccc5c6ccccc6n(-c6ccccc6)c5c43)c2)c1. The van der Waals surface area contributed by atoms with Crippen molar-refractivity contribution in [3.63, 3.8) is 0 Å². The number of hydrogen-bond donors (Lipinski definition) is 0. The lowest BCUT2D eigenvalue weighted by molar-refractivity contribution is 1.12. The summed E-state index contributed by atoms with van der Waals surface area (Å²) in [6.45, 7) is 0. The summed E-state index contributed by atoms with van der Waals surface area (Å²) < 4.78 is 7.05. The third kappa shape index (κ3) is 4.27. The zero-order chi connectivity index (χ0) is 35.0. The second-order valence-electron chi connectivity index (χ2n) is 13.6. The largest absolute Gasteiger partial charge is 0.309 e. The lowest BCUT2D eigenvalue weighted by atomic mass is 10.0. The summed E-state index contributed by atoms with van der Waals surface area (Å²) in [5, 5.41) is 16.6. The maximum absolute atomic E-state index is 9.65. The minimum atomic E-state index is 0.659. The Labute approximate surface area is 304 Å². The van der Waals surface area contributed by atoms with E-state index in [1.165, 1.54) is 21.7 Å². The Balaban J connectivity index is 1.16. The van der Waals surface area contributed by atoms with Crippen molar-refractivity contribution < 1.29 is 0 Å². The van der Waals surface area contributed by atoms with Crippen LogP contribution in [0.15, 0.2) is 176 Å². The molecule has 0 fully saturated rings. The molecule has 0 aliphatic rings. The Bertz CT molecular complexity index is 3300. The standard InChI is InChI=1S/C48H29N5/c49-30-31-22-25-45-42(27-31)38-18-5-6-20-43(38)51(45)35-15-8-11-32(28-35)33-12-9-16-36(29-33)53-47-40(41-19-10-26-50-48(41)53)24-23-39-37-17-4-7-21-44(37)52(46(39)47)34-13-2-1-3-14-34/h1-29H. The molecule has 0 N–H and O–H groups in total. The number of nitrogens with zero attached hydrogens (tertiary/aromatic N) is 5. The average Bonchev–Trinajstić information content (AvgIpc) is 3.87. The summed E-state index contributed by atoms with van der Waals surface area (Å²) in [7, 11) is 0. The summed E-state index contributed by atoms with van der Waals surface area (Å²) in [4.78, 5) is 5.01. The summed E-state index contributed by atoms with van der Waals surface area (Å²) in [6, 6.07) is 62.3. The summed E-state index contributed by atoms with van der Waals surface area (Å²) in [6.07, 6.45) is 1.89. The number of benzene rings is 7. The van der Waals surface area contributed by atoms with Gasteiger partial charge in [-0.2, -0.15) is 5.26 Å². The van der Waals surface area contributed by atoms with E-state index in [9.17, 15) is 5.26 Å². The fraction of sp³-hybridized carbons (Fsp3) is 0. The predicted octanol–water partition coefficient (Wildman–Crippen LogP) is 11.9. The van der Waals surface area contributed by atoms with Crippen LogP contribution in [0.3, 0.4) is 0 Å². The van der Waals surface area contributed by atoms with Crippen LogP contribution in [0.25, 0.3) is 93.7 Å². The molecule has 246 valence electrons. The highest BCUT2D eigenvalue weighted by Gasteiger charge is 2.22. The van der Waals surface area contributed by atoms with Gasteiger partial charge in [0, 0.05) is 55.6 Å². The second-order valence-corrected chi connectivity index (χ2v) is 13.6. The molecule has 0 aliphatic carbocycles. The zero-order valence-electron chi connectivity index (χ0n) is 28.5. The van der Waals surface area contributed by atoms with E-state index in [-0.39, 0.29) is 0 Å². The Morgan fingerprint density at radius 3 is 1.70 bits per heavy atom. The van der Waals surface area contributed by atoms with Crippen LogP contribution in [0.1, 0.15) is 5.56 Å². The highest BCUT2D eigenvalue weighted by Crippen LogP contribution is 2.42. The van der Waals surface area contributed by atoms with Crippen LogP contribution in [0.4, 0.5) is 0 Å².